The molecular weight excluding hydrogens is 250 g/mol. The number of carbonyl (C=O) groups is 1. The fraction of sp³-hybridized carbons (Fsp3) is 0.938. The van der Waals surface area contributed by atoms with Crippen molar-refractivity contribution in [3.05, 3.63) is 0 Å². The molecular formula is C16H31N3O. The molecule has 2 fully saturated rings. The lowest BCUT2D eigenvalue weighted by Crippen LogP contribution is -2.54. The normalized spacial score (nSPS) is 30.4. The summed E-state index contributed by atoms with van der Waals surface area (Å²) in [6.07, 6.45) is 6.80. The smallest absolute Gasteiger partial charge is 0.237 e. The molecule has 4 nitrogen and oxygen atoms in total. The standard InChI is InChI=1S/C16H31N3O/c1-4-18-16(15(17)20)9-7-14(11-16)19(13-5-6-13)10-8-12(2)3/h12-14,18H,4-11H2,1-3H3,(H2,17,20). The summed E-state index contributed by atoms with van der Waals surface area (Å²) < 4.78 is 0. The molecule has 0 spiro atoms. The Bertz CT molecular complexity index is 341. The van der Waals surface area contributed by atoms with Crippen LogP contribution in [0.3, 0.4) is 0 Å². The zero-order chi connectivity index (χ0) is 14.8. The highest BCUT2D eigenvalue weighted by Crippen LogP contribution is 2.38. The summed E-state index contributed by atoms with van der Waals surface area (Å²) in [7, 11) is 0. The molecule has 0 radical (unpaired) electrons. The molecule has 2 aliphatic carbocycles. The van der Waals surface area contributed by atoms with Crippen molar-refractivity contribution in [1.82, 2.24) is 10.2 Å². The van der Waals surface area contributed by atoms with E-state index in [1.165, 1.54) is 25.8 Å². The molecule has 0 aromatic heterocycles. The molecule has 0 aromatic carbocycles. The van der Waals surface area contributed by atoms with Gasteiger partial charge in [0.1, 0.15) is 0 Å². The Labute approximate surface area is 123 Å². The average Bonchev–Trinajstić information content (AvgIpc) is 3.11. The van der Waals surface area contributed by atoms with E-state index in [0.29, 0.717) is 6.04 Å². The van der Waals surface area contributed by atoms with Crippen LogP contribution in [0.4, 0.5) is 0 Å². The maximum absolute atomic E-state index is 11.9. The molecule has 2 unspecified atom stereocenters. The van der Waals surface area contributed by atoms with Gasteiger partial charge in [0.15, 0.2) is 0 Å². The van der Waals surface area contributed by atoms with Gasteiger partial charge in [-0.25, -0.2) is 0 Å². The summed E-state index contributed by atoms with van der Waals surface area (Å²) in [5, 5.41) is 3.37. The Kier molecular flexibility index (Phi) is 5.08. The number of primary amides is 1. The van der Waals surface area contributed by atoms with Crippen LogP contribution in [0.15, 0.2) is 0 Å². The molecule has 20 heavy (non-hydrogen) atoms. The highest BCUT2D eigenvalue weighted by atomic mass is 16.1. The first kappa shape index (κ1) is 15.8. The lowest BCUT2D eigenvalue weighted by molar-refractivity contribution is -0.124. The van der Waals surface area contributed by atoms with Gasteiger partial charge in [0, 0.05) is 12.1 Å². The average molecular weight is 281 g/mol. The Morgan fingerprint density at radius 3 is 2.55 bits per heavy atom. The Morgan fingerprint density at radius 2 is 2.05 bits per heavy atom. The molecule has 2 aliphatic rings. The Balaban J connectivity index is 1.99. The number of hydrogen-bond donors (Lipinski definition) is 2. The molecule has 0 heterocycles. The van der Waals surface area contributed by atoms with Crippen LogP contribution in [0.2, 0.25) is 0 Å². The van der Waals surface area contributed by atoms with Gasteiger partial charge >= 0.3 is 0 Å². The number of likely N-dealkylation sites (N-methyl/N-ethyl adjacent to an activating group) is 1. The van der Waals surface area contributed by atoms with Crippen LogP contribution in [0.5, 0.6) is 0 Å². The van der Waals surface area contributed by atoms with Crippen LogP contribution < -0.4 is 11.1 Å². The topological polar surface area (TPSA) is 58.4 Å². The van der Waals surface area contributed by atoms with Gasteiger partial charge in [0.25, 0.3) is 0 Å². The second-order valence-corrected chi connectivity index (χ2v) is 7.02. The van der Waals surface area contributed by atoms with E-state index in [9.17, 15) is 4.79 Å². The fourth-order valence-corrected chi connectivity index (χ4v) is 3.59. The van der Waals surface area contributed by atoms with Gasteiger partial charge < -0.3 is 11.1 Å². The van der Waals surface area contributed by atoms with E-state index in [-0.39, 0.29) is 5.91 Å². The molecule has 2 atom stereocenters. The quantitative estimate of drug-likeness (QED) is 0.714. The monoisotopic (exact) mass is 281 g/mol. The summed E-state index contributed by atoms with van der Waals surface area (Å²) in [5.41, 5.74) is 5.22. The van der Waals surface area contributed by atoms with Gasteiger partial charge in [-0.1, -0.05) is 20.8 Å². The molecule has 116 valence electrons. The summed E-state index contributed by atoms with van der Waals surface area (Å²) in [5.74, 6) is 0.578. The zero-order valence-corrected chi connectivity index (χ0v) is 13.3. The lowest BCUT2D eigenvalue weighted by Gasteiger charge is -2.32. The van der Waals surface area contributed by atoms with E-state index in [0.717, 1.165) is 37.8 Å². The number of amides is 1. The first-order valence-electron chi connectivity index (χ1n) is 8.29. The van der Waals surface area contributed by atoms with Gasteiger partial charge in [-0.3, -0.25) is 9.69 Å². The first-order chi connectivity index (χ1) is 9.48. The van der Waals surface area contributed by atoms with Crippen molar-refractivity contribution in [3.8, 4) is 0 Å². The molecule has 0 aromatic rings. The van der Waals surface area contributed by atoms with E-state index >= 15 is 0 Å². The van der Waals surface area contributed by atoms with Gasteiger partial charge in [0.2, 0.25) is 5.91 Å². The minimum Gasteiger partial charge on any atom is -0.368 e. The first-order valence-corrected chi connectivity index (χ1v) is 8.29. The van der Waals surface area contributed by atoms with E-state index in [1.54, 1.807) is 0 Å². The molecule has 0 saturated heterocycles. The number of nitrogens with two attached hydrogens (primary N) is 1. The highest BCUT2D eigenvalue weighted by Gasteiger charge is 2.47. The molecule has 3 N–H and O–H groups in total. The minimum absolute atomic E-state index is 0.165. The predicted octanol–water partition coefficient (Wildman–Crippen LogP) is 1.88. The third-order valence-electron chi connectivity index (χ3n) is 4.92. The molecule has 1 amide bonds. The second kappa shape index (κ2) is 6.44. The number of nitrogens with one attached hydrogen (secondary N) is 1. The van der Waals surface area contributed by atoms with Crippen LogP contribution in [0.25, 0.3) is 0 Å². The zero-order valence-electron chi connectivity index (χ0n) is 13.3. The summed E-state index contributed by atoms with van der Waals surface area (Å²) in [6.45, 7) is 8.60. The van der Waals surface area contributed by atoms with Crippen molar-refractivity contribution in [2.24, 2.45) is 11.7 Å². The third kappa shape index (κ3) is 3.53. The molecule has 2 saturated carbocycles. The van der Waals surface area contributed by atoms with E-state index in [2.05, 4.69) is 31.0 Å². The SMILES string of the molecule is CCNC1(C(N)=O)CCC(N(CCC(C)C)C2CC2)C1. The van der Waals surface area contributed by atoms with Gasteiger partial charge in [-0.2, -0.15) is 0 Å². The predicted molar refractivity (Wildman–Crippen MR) is 82.4 cm³/mol. The molecule has 0 aliphatic heterocycles. The highest BCUT2D eigenvalue weighted by molar-refractivity contribution is 5.85. The van der Waals surface area contributed by atoms with Crippen molar-refractivity contribution in [1.29, 1.82) is 0 Å². The van der Waals surface area contributed by atoms with Crippen molar-refractivity contribution in [2.45, 2.75) is 76.9 Å². The number of rotatable bonds is 8. The maximum atomic E-state index is 11.9. The van der Waals surface area contributed by atoms with E-state index in [4.69, 9.17) is 5.73 Å². The number of hydrogen-bond acceptors (Lipinski definition) is 3. The van der Waals surface area contributed by atoms with Gasteiger partial charge in [-0.15, -0.1) is 0 Å². The van der Waals surface area contributed by atoms with Crippen molar-refractivity contribution < 1.29 is 4.79 Å². The Morgan fingerprint density at radius 1 is 1.35 bits per heavy atom. The Hall–Kier alpha value is -0.610. The van der Waals surface area contributed by atoms with Crippen molar-refractivity contribution >= 4 is 5.91 Å². The molecule has 0 bridgehead atoms. The number of nitrogens with zero attached hydrogens (tertiary/aromatic N) is 1. The van der Waals surface area contributed by atoms with Crippen LogP contribution in [-0.2, 0) is 4.79 Å². The lowest BCUT2D eigenvalue weighted by atomic mass is 9.96. The molecule has 2 rings (SSSR count). The fourth-order valence-electron chi connectivity index (χ4n) is 3.59. The van der Waals surface area contributed by atoms with Gasteiger partial charge in [0.05, 0.1) is 5.54 Å². The van der Waals surface area contributed by atoms with E-state index in [1.807, 2.05) is 0 Å². The van der Waals surface area contributed by atoms with Crippen LogP contribution >= 0.6 is 0 Å². The van der Waals surface area contributed by atoms with E-state index < -0.39 is 5.54 Å². The van der Waals surface area contributed by atoms with Crippen LogP contribution in [0.1, 0.15) is 59.3 Å². The van der Waals surface area contributed by atoms with Crippen LogP contribution in [0, 0.1) is 5.92 Å². The van der Waals surface area contributed by atoms with Gasteiger partial charge in [-0.05, 0) is 57.5 Å². The largest absolute Gasteiger partial charge is 0.368 e. The summed E-state index contributed by atoms with van der Waals surface area (Å²) in [4.78, 5) is 14.5. The minimum atomic E-state index is -0.454. The van der Waals surface area contributed by atoms with Crippen molar-refractivity contribution in [3.63, 3.8) is 0 Å². The second-order valence-electron chi connectivity index (χ2n) is 7.02. The maximum Gasteiger partial charge on any atom is 0.237 e. The third-order valence-corrected chi connectivity index (χ3v) is 4.92. The van der Waals surface area contributed by atoms with Crippen molar-refractivity contribution in [2.75, 3.05) is 13.1 Å². The number of carbonyl (C=O) groups excluding carboxylic acids is 1. The summed E-state index contributed by atoms with van der Waals surface area (Å²) in [6, 6.07) is 1.30. The van der Waals surface area contributed by atoms with Crippen LogP contribution in [-0.4, -0.2) is 41.5 Å². The molecule has 4 heteroatoms. The summed E-state index contributed by atoms with van der Waals surface area (Å²) >= 11 is 0.